The number of hydrogen-bond acceptors (Lipinski definition) is 6. The molecule has 0 saturated heterocycles. The molecular formula is C30H33N3O3. The first-order valence-electron chi connectivity index (χ1n) is 12.4. The van der Waals surface area contributed by atoms with Crippen LogP contribution in [0.1, 0.15) is 36.0 Å². The van der Waals surface area contributed by atoms with Crippen molar-refractivity contribution in [2.75, 3.05) is 19.6 Å². The lowest BCUT2D eigenvalue weighted by Crippen LogP contribution is -2.28. The molecule has 3 aromatic carbocycles. The third-order valence-electron chi connectivity index (χ3n) is 6.59. The molecule has 0 heterocycles. The summed E-state index contributed by atoms with van der Waals surface area (Å²) in [5, 5.41) is 30.0. The second kappa shape index (κ2) is 12.7. The normalized spacial score (nSPS) is 20.5. The third-order valence-corrected chi connectivity index (χ3v) is 6.59. The molecule has 3 N–H and O–H groups in total. The largest absolute Gasteiger partial charge is 0.507 e. The predicted molar refractivity (Wildman–Crippen MR) is 146 cm³/mol. The number of phenols is 3. The fraction of sp³-hybridized carbons (Fsp3) is 0.300. The van der Waals surface area contributed by atoms with E-state index in [1.807, 2.05) is 36.4 Å². The topological polar surface area (TPSA) is 97.8 Å². The van der Waals surface area contributed by atoms with E-state index in [4.69, 9.17) is 0 Å². The number of benzene rings is 3. The van der Waals surface area contributed by atoms with Gasteiger partial charge in [-0.2, -0.15) is 0 Å². The van der Waals surface area contributed by atoms with E-state index in [1.54, 1.807) is 55.0 Å². The number of aliphatic imine (C=N–C) groups is 3. The Morgan fingerprint density at radius 1 is 0.500 bits per heavy atom. The van der Waals surface area contributed by atoms with Crippen molar-refractivity contribution in [3.8, 4) is 17.2 Å². The van der Waals surface area contributed by atoms with E-state index in [0.29, 0.717) is 37.4 Å². The minimum Gasteiger partial charge on any atom is -0.507 e. The van der Waals surface area contributed by atoms with Gasteiger partial charge >= 0.3 is 0 Å². The number of phenolic OH excluding ortho intramolecular Hbond substituents is 3. The Bertz CT molecular complexity index is 1060. The average Bonchev–Trinajstić information content (AvgIpc) is 2.87. The van der Waals surface area contributed by atoms with Gasteiger partial charge in [-0.15, -0.1) is 0 Å². The lowest BCUT2D eigenvalue weighted by molar-refractivity contribution is 0.209. The fourth-order valence-electron chi connectivity index (χ4n) is 4.84. The molecule has 36 heavy (non-hydrogen) atoms. The van der Waals surface area contributed by atoms with Crippen LogP contribution in [-0.2, 0) is 0 Å². The van der Waals surface area contributed by atoms with Gasteiger partial charge in [-0.3, -0.25) is 15.0 Å². The van der Waals surface area contributed by atoms with Crippen LogP contribution in [0.5, 0.6) is 17.2 Å². The standard InChI is InChI=1S/C30H33N3O3/c34-28-10-4-1-7-25(28)19-31-16-22-13-23(17-32-20-26-8-2-5-11-29(26)35)15-24(14-22)18-33-21-27-9-3-6-12-30(27)36/h1-12,19-24,34-36H,13-18H2. The van der Waals surface area contributed by atoms with Crippen molar-refractivity contribution in [2.45, 2.75) is 19.3 Å². The summed E-state index contributed by atoms with van der Waals surface area (Å²) in [4.78, 5) is 13.9. The van der Waals surface area contributed by atoms with E-state index in [2.05, 4.69) is 15.0 Å². The summed E-state index contributed by atoms with van der Waals surface area (Å²) in [7, 11) is 0. The van der Waals surface area contributed by atoms with Crippen LogP contribution in [0.15, 0.2) is 87.8 Å². The first-order chi connectivity index (χ1) is 17.6. The SMILES string of the molecule is Oc1ccccc1C=NCC1CC(CN=Cc2ccccc2O)CC(CN=Cc2ccccc2O)C1. The Morgan fingerprint density at radius 2 is 0.778 bits per heavy atom. The minimum absolute atomic E-state index is 0.234. The molecule has 0 aliphatic heterocycles. The van der Waals surface area contributed by atoms with Gasteiger partial charge in [0.25, 0.3) is 0 Å². The maximum Gasteiger partial charge on any atom is 0.124 e. The van der Waals surface area contributed by atoms with Gasteiger partial charge in [0.1, 0.15) is 17.2 Å². The van der Waals surface area contributed by atoms with E-state index in [0.717, 1.165) is 36.0 Å². The van der Waals surface area contributed by atoms with Crippen LogP contribution in [0, 0.1) is 17.8 Å². The van der Waals surface area contributed by atoms with Crippen LogP contribution in [-0.4, -0.2) is 53.6 Å². The molecule has 6 heteroatoms. The van der Waals surface area contributed by atoms with Crippen LogP contribution in [0.2, 0.25) is 0 Å². The molecular weight excluding hydrogens is 450 g/mol. The zero-order chi connectivity index (χ0) is 25.2. The quantitative estimate of drug-likeness (QED) is 0.351. The molecule has 3 aromatic rings. The maximum atomic E-state index is 9.99. The van der Waals surface area contributed by atoms with Gasteiger partial charge in [-0.1, -0.05) is 36.4 Å². The highest BCUT2D eigenvalue weighted by atomic mass is 16.3. The predicted octanol–water partition coefficient (Wildman–Crippen LogP) is 5.49. The summed E-state index contributed by atoms with van der Waals surface area (Å²) in [5.41, 5.74) is 2.17. The van der Waals surface area contributed by atoms with Gasteiger partial charge in [-0.25, -0.2) is 0 Å². The number of hydrogen-bond donors (Lipinski definition) is 3. The van der Waals surface area contributed by atoms with Gasteiger partial charge in [-0.05, 0) is 73.4 Å². The number of para-hydroxylation sites is 3. The number of rotatable bonds is 9. The van der Waals surface area contributed by atoms with E-state index in [-0.39, 0.29) is 17.2 Å². The highest BCUT2D eigenvalue weighted by Gasteiger charge is 2.28. The second-order valence-electron chi connectivity index (χ2n) is 9.46. The van der Waals surface area contributed by atoms with Crippen molar-refractivity contribution >= 4 is 18.6 Å². The Labute approximate surface area is 212 Å². The van der Waals surface area contributed by atoms with Gasteiger partial charge < -0.3 is 15.3 Å². The van der Waals surface area contributed by atoms with Gasteiger partial charge in [0, 0.05) is 55.0 Å². The van der Waals surface area contributed by atoms with E-state index in [1.165, 1.54) is 0 Å². The molecule has 186 valence electrons. The molecule has 1 aliphatic rings. The van der Waals surface area contributed by atoms with E-state index >= 15 is 0 Å². The molecule has 0 amide bonds. The highest BCUT2D eigenvalue weighted by Crippen LogP contribution is 2.34. The molecule has 0 radical (unpaired) electrons. The summed E-state index contributed by atoms with van der Waals surface area (Å²) in [6.45, 7) is 2.06. The second-order valence-corrected chi connectivity index (χ2v) is 9.46. The maximum absolute atomic E-state index is 9.99. The van der Waals surface area contributed by atoms with Crippen LogP contribution < -0.4 is 0 Å². The van der Waals surface area contributed by atoms with Crippen LogP contribution >= 0.6 is 0 Å². The first kappa shape index (κ1) is 25.2. The van der Waals surface area contributed by atoms with Crippen LogP contribution in [0.25, 0.3) is 0 Å². The van der Waals surface area contributed by atoms with Crippen molar-refractivity contribution in [3.63, 3.8) is 0 Å². The molecule has 6 nitrogen and oxygen atoms in total. The van der Waals surface area contributed by atoms with Gasteiger partial charge in [0.2, 0.25) is 0 Å². The highest BCUT2D eigenvalue weighted by molar-refractivity contribution is 5.84. The Morgan fingerprint density at radius 3 is 1.06 bits per heavy atom. The van der Waals surface area contributed by atoms with Crippen molar-refractivity contribution in [1.29, 1.82) is 0 Å². The lowest BCUT2D eigenvalue weighted by atomic mass is 9.75. The summed E-state index contributed by atoms with van der Waals surface area (Å²) in [6.07, 6.45) is 8.32. The monoisotopic (exact) mass is 483 g/mol. The molecule has 4 rings (SSSR count). The molecule has 0 bridgehead atoms. The summed E-state index contributed by atoms with van der Waals surface area (Å²) in [5.74, 6) is 1.90. The minimum atomic E-state index is 0.234. The van der Waals surface area contributed by atoms with Crippen LogP contribution in [0.4, 0.5) is 0 Å². The third kappa shape index (κ3) is 7.28. The summed E-state index contributed by atoms with van der Waals surface area (Å²) in [6, 6.07) is 21.6. The fourth-order valence-corrected chi connectivity index (χ4v) is 4.84. The van der Waals surface area contributed by atoms with Crippen molar-refractivity contribution in [1.82, 2.24) is 0 Å². The van der Waals surface area contributed by atoms with E-state index < -0.39 is 0 Å². The summed E-state index contributed by atoms with van der Waals surface area (Å²) < 4.78 is 0. The summed E-state index contributed by atoms with van der Waals surface area (Å²) >= 11 is 0. The molecule has 1 fully saturated rings. The van der Waals surface area contributed by atoms with Gasteiger partial charge in [0.05, 0.1) is 0 Å². The Hall–Kier alpha value is -3.93. The molecule has 0 spiro atoms. The number of aromatic hydroxyl groups is 3. The molecule has 0 aromatic heterocycles. The average molecular weight is 484 g/mol. The zero-order valence-corrected chi connectivity index (χ0v) is 20.3. The van der Waals surface area contributed by atoms with E-state index in [9.17, 15) is 15.3 Å². The molecule has 1 aliphatic carbocycles. The van der Waals surface area contributed by atoms with Crippen molar-refractivity contribution < 1.29 is 15.3 Å². The molecule has 0 unspecified atom stereocenters. The number of nitrogens with zero attached hydrogens (tertiary/aromatic N) is 3. The Balaban J connectivity index is 1.40. The van der Waals surface area contributed by atoms with Gasteiger partial charge in [0.15, 0.2) is 0 Å². The Kier molecular flexibility index (Phi) is 8.87. The first-order valence-corrected chi connectivity index (χ1v) is 12.4. The van der Waals surface area contributed by atoms with Crippen molar-refractivity contribution in [2.24, 2.45) is 32.7 Å². The van der Waals surface area contributed by atoms with Crippen molar-refractivity contribution in [3.05, 3.63) is 89.5 Å². The molecule has 0 atom stereocenters. The smallest absolute Gasteiger partial charge is 0.124 e. The molecule has 1 saturated carbocycles. The lowest BCUT2D eigenvalue weighted by Gasteiger charge is -2.33. The zero-order valence-electron chi connectivity index (χ0n) is 20.3. The van der Waals surface area contributed by atoms with Crippen LogP contribution in [0.3, 0.4) is 0 Å².